The maximum absolute atomic E-state index is 12.9. The summed E-state index contributed by atoms with van der Waals surface area (Å²) in [6, 6.07) is 15.0. The van der Waals surface area contributed by atoms with Gasteiger partial charge >= 0.3 is 0 Å². The maximum Gasteiger partial charge on any atom is 0.264 e. The number of carbonyl (C=O) groups excluding carboxylic acids is 1. The summed E-state index contributed by atoms with van der Waals surface area (Å²) in [6.45, 7) is 2.14. The number of amides is 1. The van der Waals surface area contributed by atoms with Crippen LogP contribution in [0.25, 0.3) is 22.5 Å². The van der Waals surface area contributed by atoms with Gasteiger partial charge in [0.2, 0.25) is 11.8 Å². The molecule has 0 aliphatic rings. The molecule has 0 aliphatic carbocycles. The molecule has 2 aromatic heterocycles. The number of para-hydroxylation sites is 1. The van der Waals surface area contributed by atoms with Gasteiger partial charge in [-0.2, -0.15) is 0 Å². The molecule has 4 rings (SSSR count). The molecule has 1 amide bonds. The van der Waals surface area contributed by atoms with E-state index in [2.05, 4.69) is 22.4 Å². The number of fused-ring (bicyclic) bond motifs is 1. The van der Waals surface area contributed by atoms with Crippen LogP contribution in [0.2, 0.25) is 0 Å². The van der Waals surface area contributed by atoms with E-state index < -0.39 is 0 Å². The van der Waals surface area contributed by atoms with Gasteiger partial charge in [-0.25, -0.2) is 0 Å². The minimum atomic E-state index is -0.192. The Kier molecular flexibility index (Phi) is 5.88. The SMILES string of the molecule is CCCc1nnc(-c2cc3ccccc3n2CC(=O)Nc2ccc(OC)c(OC)c2)o1. The van der Waals surface area contributed by atoms with Crippen molar-refractivity contribution in [2.75, 3.05) is 19.5 Å². The number of benzene rings is 2. The first-order chi connectivity index (χ1) is 15.1. The van der Waals surface area contributed by atoms with Crippen LogP contribution in [0.1, 0.15) is 19.2 Å². The third-order valence-electron chi connectivity index (χ3n) is 4.93. The van der Waals surface area contributed by atoms with Gasteiger partial charge in [-0.3, -0.25) is 4.79 Å². The van der Waals surface area contributed by atoms with E-state index in [0.717, 1.165) is 17.3 Å². The number of ether oxygens (including phenoxy) is 2. The minimum absolute atomic E-state index is 0.0860. The number of hydrogen-bond donors (Lipinski definition) is 1. The summed E-state index contributed by atoms with van der Waals surface area (Å²) in [7, 11) is 3.12. The Morgan fingerprint density at radius 2 is 1.87 bits per heavy atom. The number of aryl methyl sites for hydroxylation is 1. The predicted octanol–water partition coefficient (Wildman–Crippen LogP) is 4.30. The van der Waals surface area contributed by atoms with Crippen molar-refractivity contribution in [1.82, 2.24) is 14.8 Å². The van der Waals surface area contributed by atoms with Crippen LogP contribution in [0.4, 0.5) is 5.69 Å². The van der Waals surface area contributed by atoms with Crippen molar-refractivity contribution in [2.24, 2.45) is 0 Å². The molecule has 2 aromatic carbocycles. The summed E-state index contributed by atoms with van der Waals surface area (Å²) >= 11 is 0. The summed E-state index contributed by atoms with van der Waals surface area (Å²) in [6.07, 6.45) is 1.63. The average Bonchev–Trinajstić information content (AvgIpc) is 3.39. The van der Waals surface area contributed by atoms with Gasteiger partial charge in [-0.15, -0.1) is 10.2 Å². The summed E-state index contributed by atoms with van der Waals surface area (Å²) in [5, 5.41) is 12.2. The van der Waals surface area contributed by atoms with E-state index in [-0.39, 0.29) is 12.5 Å². The van der Waals surface area contributed by atoms with Crippen molar-refractivity contribution in [1.29, 1.82) is 0 Å². The lowest BCUT2D eigenvalue weighted by Crippen LogP contribution is -2.19. The van der Waals surface area contributed by atoms with Crippen molar-refractivity contribution in [2.45, 2.75) is 26.3 Å². The number of carbonyl (C=O) groups is 1. The van der Waals surface area contributed by atoms with Crippen molar-refractivity contribution < 1.29 is 18.7 Å². The van der Waals surface area contributed by atoms with E-state index in [1.165, 1.54) is 0 Å². The molecule has 0 atom stereocenters. The van der Waals surface area contributed by atoms with Gasteiger partial charge in [0.15, 0.2) is 11.5 Å². The van der Waals surface area contributed by atoms with Gasteiger partial charge in [0.05, 0.1) is 14.2 Å². The molecule has 0 radical (unpaired) electrons. The fourth-order valence-corrected chi connectivity index (χ4v) is 3.49. The highest BCUT2D eigenvalue weighted by Crippen LogP contribution is 2.30. The average molecular weight is 420 g/mol. The molecule has 0 aliphatic heterocycles. The number of methoxy groups -OCH3 is 2. The van der Waals surface area contributed by atoms with Crippen LogP contribution >= 0.6 is 0 Å². The topological polar surface area (TPSA) is 91.4 Å². The summed E-state index contributed by atoms with van der Waals surface area (Å²) < 4.78 is 18.3. The number of nitrogens with zero attached hydrogens (tertiary/aromatic N) is 3. The minimum Gasteiger partial charge on any atom is -0.493 e. The van der Waals surface area contributed by atoms with Crippen molar-refractivity contribution in [3.05, 3.63) is 54.4 Å². The summed E-state index contributed by atoms with van der Waals surface area (Å²) in [5.74, 6) is 1.94. The molecule has 8 nitrogen and oxygen atoms in total. The molecule has 0 bridgehead atoms. The zero-order valence-electron chi connectivity index (χ0n) is 17.7. The Hall–Kier alpha value is -3.81. The first kappa shape index (κ1) is 20.5. The Morgan fingerprint density at radius 1 is 1.06 bits per heavy atom. The van der Waals surface area contributed by atoms with E-state index in [4.69, 9.17) is 13.9 Å². The standard InChI is InChI=1S/C23H24N4O4/c1-4-7-22-25-26-23(31-22)18-12-15-8-5-6-9-17(15)27(18)14-21(28)24-16-10-11-19(29-2)20(13-16)30-3/h5-6,8-13H,4,7,14H2,1-3H3,(H,24,28). The van der Waals surface area contributed by atoms with Crippen LogP contribution in [0.3, 0.4) is 0 Å². The highest BCUT2D eigenvalue weighted by atomic mass is 16.5. The highest BCUT2D eigenvalue weighted by Gasteiger charge is 2.18. The summed E-state index contributed by atoms with van der Waals surface area (Å²) in [4.78, 5) is 12.9. The molecule has 0 fully saturated rings. The predicted molar refractivity (Wildman–Crippen MR) is 117 cm³/mol. The smallest absolute Gasteiger partial charge is 0.264 e. The monoisotopic (exact) mass is 420 g/mol. The number of anilines is 1. The second-order valence-corrected chi connectivity index (χ2v) is 7.04. The Morgan fingerprint density at radius 3 is 2.65 bits per heavy atom. The molecular weight excluding hydrogens is 396 g/mol. The van der Waals surface area contributed by atoms with Crippen molar-refractivity contribution >= 4 is 22.5 Å². The van der Waals surface area contributed by atoms with E-state index >= 15 is 0 Å². The Bertz CT molecular complexity index is 1210. The highest BCUT2D eigenvalue weighted by molar-refractivity contribution is 5.94. The second kappa shape index (κ2) is 8.91. The number of aromatic nitrogens is 3. The van der Waals surface area contributed by atoms with Gasteiger partial charge in [0.25, 0.3) is 5.89 Å². The zero-order valence-corrected chi connectivity index (χ0v) is 17.7. The molecule has 1 N–H and O–H groups in total. The molecule has 4 aromatic rings. The van der Waals surface area contributed by atoms with Gasteiger partial charge < -0.3 is 23.8 Å². The molecule has 31 heavy (non-hydrogen) atoms. The Labute approximate surface area is 179 Å². The van der Waals surface area contributed by atoms with Crippen LogP contribution in [0.5, 0.6) is 11.5 Å². The third-order valence-corrected chi connectivity index (χ3v) is 4.93. The fraction of sp³-hybridized carbons (Fsp3) is 0.261. The van der Waals surface area contributed by atoms with Gasteiger partial charge in [-0.1, -0.05) is 25.1 Å². The lowest BCUT2D eigenvalue weighted by Gasteiger charge is -2.12. The number of rotatable bonds is 8. The van der Waals surface area contributed by atoms with Crippen LogP contribution in [-0.4, -0.2) is 34.9 Å². The van der Waals surface area contributed by atoms with E-state index in [0.29, 0.717) is 41.1 Å². The van der Waals surface area contributed by atoms with Gasteiger partial charge in [0, 0.05) is 29.1 Å². The van der Waals surface area contributed by atoms with E-state index in [1.807, 2.05) is 34.9 Å². The zero-order chi connectivity index (χ0) is 21.8. The normalized spacial score (nSPS) is 10.9. The van der Waals surface area contributed by atoms with Crippen LogP contribution in [0, 0.1) is 0 Å². The lowest BCUT2D eigenvalue weighted by atomic mass is 10.2. The molecule has 8 heteroatoms. The molecular formula is C23H24N4O4. The van der Waals surface area contributed by atoms with Crippen LogP contribution in [-0.2, 0) is 17.8 Å². The summed E-state index contributed by atoms with van der Waals surface area (Å²) in [5.41, 5.74) is 2.23. The number of nitrogens with one attached hydrogen (secondary N) is 1. The molecule has 0 unspecified atom stereocenters. The quantitative estimate of drug-likeness (QED) is 0.457. The molecule has 0 saturated carbocycles. The first-order valence-electron chi connectivity index (χ1n) is 10.1. The van der Waals surface area contributed by atoms with E-state index in [9.17, 15) is 4.79 Å². The first-order valence-corrected chi connectivity index (χ1v) is 10.1. The largest absolute Gasteiger partial charge is 0.493 e. The third kappa shape index (κ3) is 4.23. The lowest BCUT2D eigenvalue weighted by molar-refractivity contribution is -0.116. The molecule has 0 saturated heterocycles. The molecule has 0 spiro atoms. The second-order valence-electron chi connectivity index (χ2n) is 7.04. The van der Waals surface area contributed by atoms with Crippen LogP contribution < -0.4 is 14.8 Å². The van der Waals surface area contributed by atoms with Gasteiger partial charge in [0.1, 0.15) is 12.2 Å². The van der Waals surface area contributed by atoms with Gasteiger partial charge in [-0.05, 0) is 30.7 Å². The Balaban J connectivity index is 1.63. The fourth-order valence-electron chi connectivity index (χ4n) is 3.49. The molecule has 160 valence electrons. The maximum atomic E-state index is 12.9. The number of hydrogen-bond acceptors (Lipinski definition) is 6. The van der Waals surface area contributed by atoms with Crippen molar-refractivity contribution in [3.8, 4) is 23.1 Å². The van der Waals surface area contributed by atoms with E-state index in [1.54, 1.807) is 32.4 Å². The van der Waals surface area contributed by atoms with Crippen molar-refractivity contribution in [3.63, 3.8) is 0 Å². The van der Waals surface area contributed by atoms with Crippen LogP contribution in [0.15, 0.2) is 52.9 Å². The molecule has 2 heterocycles.